The van der Waals surface area contributed by atoms with E-state index < -0.39 is 0 Å². The number of hydrogen-bond acceptors (Lipinski definition) is 2. The summed E-state index contributed by atoms with van der Waals surface area (Å²) in [5.41, 5.74) is 9.18. The van der Waals surface area contributed by atoms with Gasteiger partial charge in [-0.1, -0.05) is 24.3 Å². The van der Waals surface area contributed by atoms with Gasteiger partial charge >= 0.3 is 0 Å². The first-order valence-corrected chi connectivity index (χ1v) is 5.50. The standard InChI is InChI=1S/C13H17N3/c1-10-5-3-4-6-12(10)13-15-9-11(7-8-14)16(13)2/h3-6,9H,7-8,14H2,1-2H3. The van der Waals surface area contributed by atoms with Gasteiger partial charge in [0.25, 0.3) is 0 Å². The van der Waals surface area contributed by atoms with Crippen molar-refractivity contribution in [2.24, 2.45) is 12.8 Å². The maximum atomic E-state index is 5.57. The molecule has 0 radical (unpaired) electrons. The van der Waals surface area contributed by atoms with Crippen molar-refractivity contribution in [3.05, 3.63) is 41.7 Å². The molecule has 2 aromatic rings. The van der Waals surface area contributed by atoms with Crippen LogP contribution in [-0.2, 0) is 13.5 Å². The Morgan fingerprint density at radius 1 is 1.31 bits per heavy atom. The number of hydrogen-bond donors (Lipinski definition) is 1. The van der Waals surface area contributed by atoms with Crippen molar-refractivity contribution in [1.82, 2.24) is 9.55 Å². The van der Waals surface area contributed by atoms with Gasteiger partial charge in [0.15, 0.2) is 0 Å². The topological polar surface area (TPSA) is 43.8 Å². The second kappa shape index (κ2) is 4.49. The van der Waals surface area contributed by atoms with Gasteiger partial charge in [0.2, 0.25) is 0 Å². The molecule has 0 fully saturated rings. The molecule has 1 aromatic heterocycles. The fourth-order valence-corrected chi connectivity index (χ4v) is 1.90. The lowest BCUT2D eigenvalue weighted by atomic mass is 10.1. The molecule has 0 aliphatic rings. The summed E-state index contributed by atoms with van der Waals surface area (Å²) in [6.07, 6.45) is 2.78. The fraction of sp³-hybridized carbons (Fsp3) is 0.308. The van der Waals surface area contributed by atoms with E-state index >= 15 is 0 Å². The minimum absolute atomic E-state index is 0.659. The number of rotatable bonds is 3. The Balaban J connectivity index is 2.45. The van der Waals surface area contributed by atoms with Gasteiger partial charge in [0.05, 0.1) is 0 Å². The highest BCUT2D eigenvalue weighted by Crippen LogP contribution is 2.22. The maximum absolute atomic E-state index is 5.57. The summed E-state index contributed by atoms with van der Waals surface area (Å²) < 4.78 is 2.12. The van der Waals surface area contributed by atoms with Gasteiger partial charge in [0.1, 0.15) is 5.82 Å². The molecule has 2 N–H and O–H groups in total. The first-order chi connectivity index (χ1) is 7.74. The predicted molar refractivity (Wildman–Crippen MR) is 66.1 cm³/mol. The molecule has 0 bridgehead atoms. The van der Waals surface area contributed by atoms with E-state index in [0.29, 0.717) is 6.54 Å². The average Bonchev–Trinajstić information content (AvgIpc) is 2.62. The van der Waals surface area contributed by atoms with Gasteiger partial charge in [-0.3, -0.25) is 0 Å². The Morgan fingerprint density at radius 2 is 2.06 bits per heavy atom. The average molecular weight is 215 g/mol. The molecule has 0 aliphatic heterocycles. The van der Waals surface area contributed by atoms with Crippen LogP contribution in [0.3, 0.4) is 0 Å². The zero-order valence-corrected chi connectivity index (χ0v) is 9.77. The van der Waals surface area contributed by atoms with Gasteiger partial charge in [-0.15, -0.1) is 0 Å². The van der Waals surface area contributed by atoms with Crippen molar-refractivity contribution >= 4 is 0 Å². The lowest BCUT2D eigenvalue weighted by Crippen LogP contribution is -2.07. The second-order valence-electron chi connectivity index (χ2n) is 3.99. The first-order valence-electron chi connectivity index (χ1n) is 5.50. The maximum Gasteiger partial charge on any atom is 0.140 e. The van der Waals surface area contributed by atoms with E-state index in [2.05, 4.69) is 28.6 Å². The Bertz CT molecular complexity index is 486. The second-order valence-corrected chi connectivity index (χ2v) is 3.99. The van der Waals surface area contributed by atoms with E-state index in [-0.39, 0.29) is 0 Å². The third-order valence-electron chi connectivity index (χ3n) is 2.87. The van der Waals surface area contributed by atoms with Crippen LogP contribution in [-0.4, -0.2) is 16.1 Å². The molecule has 0 amide bonds. The fourth-order valence-electron chi connectivity index (χ4n) is 1.90. The van der Waals surface area contributed by atoms with Crippen molar-refractivity contribution in [2.45, 2.75) is 13.3 Å². The molecule has 0 unspecified atom stereocenters. The summed E-state index contributed by atoms with van der Waals surface area (Å²) in [4.78, 5) is 4.47. The summed E-state index contributed by atoms with van der Waals surface area (Å²) in [5.74, 6) is 1.02. The molecule has 3 heteroatoms. The highest BCUT2D eigenvalue weighted by atomic mass is 15.1. The van der Waals surface area contributed by atoms with Crippen LogP contribution in [0.15, 0.2) is 30.5 Å². The van der Waals surface area contributed by atoms with E-state index in [1.54, 1.807) is 0 Å². The highest BCUT2D eigenvalue weighted by Gasteiger charge is 2.09. The van der Waals surface area contributed by atoms with Crippen LogP contribution >= 0.6 is 0 Å². The van der Waals surface area contributed by atoms with Crippen molar-refractivity contribution in [3.8, 4) is 11.4 Å². The van der Waals surface area contributed by atoms with Gasteiger partial charge in [-0.2, -0.15) is 0 Å². The third kappa shape index (κ3) is 1.86. The number of aromatic nitrogens is 2. The van der Waals surface area contributed by atoms with Crippen LogP contribution in [0.5, 0.6) is 0 Å². The van der Waals surface area contributed by atoms with E-state index in [1.165, 1.54) is 16.8 Å². The lowest BCUT2D eigenvalue weighted by molar-refractivity contribution is 0.810. The molecule has 0 saturated heterocycles. The molecular formula is C13H17N3. The van der Waals surface area contributed by atoms with Crippen LogP contribution in [0, 0.1) is 6.92 Å². The summed E-state index contributed by atoms with van der Waals surface area (Å²) >= 11 is 0. The molecule has 84 valence electrons. The number of aryl methyl sites for hydroxylation is 1. The minimum Gasteiger partial charge on any atom is -0.331 e. The molecule has 1 heterocycles. The lowest BCUT2D eigenvalue weighted by Gasteiger charge is -2.07. The minimum atomic E-state index is 0.659. The summed E-state index contributed by atoms with van der Waals surface area (Å²) in [6, 6.07) is 8.29. The Hall–Kier alpha value is -1.61. The van der Waals surface area contributed by atoms with Gasteiger partial charge in [0, 0.05) is 30.9 Å². The summed E-state index contributed by atoms with van der Waals surface area (Å²) in [7, 11) is 2.04. The number of nitrogens with two attached hydrogens (primary N) is 1. The van der Waals surface area contributed by atoms with Crippen molar-refractivity contribution in [3.63, 3.8) is 0 Å². The van der Waals surface area contributed by atoms with Gasteiger partial charge in [-0.05, 0) is 19.0 Å². The molecule has 0 atom stereocenters. The monoisotopic (exact) mass is 215 g/mol. The predicted octanol–water partition coefficient (Wildman–Crippen LogP) is 1.90. The van der Waals surface area contributed by atoms with Crippen molar-refractivity contribution < 1.29 is 0 Å². The molecule has 0 saturated carbocycles. The highest BCUT2D eigenvalue weighted by molar-refractivity contribution is 5.60. The Labute approximate surface area is 95.9 Å². The van der Waals surface area contributed by atoms with Crippen LogP contribution in [0.1, 0.15) is 11.3 Å². The van der Waals surface area contributed by atoms with E-state index in [9.17, 15) is 0 Å². The van der Waals surface area contributed by atoms with Gasteiger partial charge in [-0.25, -0.2) is 4.98 Å². The smallest absolute Gasteiger partial charge is 0.140 e. The van der Waals surface area contributed by atoms with E-state index in [1.807, 2.05) is 25.4 Å². The quantitative estimate of drug-likeness (QED) is 0.849. The zero-order valence-electron chi connectivity index (χ0n) is 9.77. The van der Waals surface area contributed by atoms with Crippen LogP contribution < -0.4 is 5.73 Å². The Morgan fingerprint density at radius 3 is 2.75 bits per heavy atom. The third-order valence-corrected chi connectivity index (χ3v) is 2.87. The normalized spacial score (nSPS) is 10.7. The van der Waals surface area contributed by atoms with Crippen LogP contribution in [0.4, 0.5) is 0 Å². The SMILES string of the molecule is Cc1ccccc1-c1ncc(CCN)n1C. The molecular weight excluding hydrogens is 198 g/mol. The largest absolute Gasteiger partial charge is 0.331 e. The summed E-state index contributed by atoms with van der Waals surface area (Å²) in [5, 5.41) is 0. The van der Waals surface area contributed by atoms with E-state index in [0.717, 1.165) is 12.2 Å². The van der Waals surface area contributed by atoms with Crippen molar-refractivity contribution in [1.29, 1.82) is 0 Å². The Kier molecular flexibility index (Phi) is 3.06. The van der Waals surface area contributed by atoms with E-state index in [4.69, 9.17) is 5.73 Å². The molecule has 0 spiro atoms. The first kappa shape index (κ1) is 10.9. The molecule has 16 heavy (non-hydrogen) atoms. The van der Waals surface area contributed by atoms with Gasteiger partial charge < -0.3 is 10.3 Å². The van der Waals surface area contributed by atoms with Crippen LogP contribution in [0.25, 0.3) is 11.4 Å². The van der Waals surface area contributed by atoms with Crippen LogP contribution in [0.2, 0.25) is 0 Å². The number of nitrogens with zero attached hydrogens (tertiary/aromatic N) is 2. The molecule has 1 aromatic carbocycles. The number of imidazole rings is 1. The zero-order chi connectivity index (χ0) is 11.5. The van der Waals surface area contributed by atoms with Crippen molar-refractivity contribution in [2.75, 3.05) is 6.54 Å². The molecule has 0 aliphatic carbocycles. The number of benzene rings is 1. The summed E-state index contributed by atoms with van der Waals surface area (Å²) in [6.45, 7) is 2.76. The molecule has 2 rings (SSSR count). The molecule has 3 nitrogen and oxygen atoms in total.